The molecular weight excluding hydrogens is 300 g/mol. The molecule has 0 aliphatic carbocycles. The third-order valence-electron chi connectivity index (χ3n) is 3.98. The van der Waals surface area contributed by atoms with Crippen molar-refractivity contribution in [2.45, 2.75) is 38.5 Å². The maximum Gasteiger partial charge on any atom is 0.237 e. The Kier molecular flexibility index (Phi) is 6.53. The van der Waals surface area contributed by atoms with Gasteiger partial charge in [-0.15, -0.1) is 0 Å². The van der Waals surface area contributed by atoms with Gasteiger partial charge in [0, 0.05) is 0 Å². The van der Waals surface area contributed by atoms with E-state index in [0.29, 0.717) is 12.3 Å². The SMILES string of the molecule is CC(C)C[C@H](N)C(=O)N[C@@H](c1ccccc1)[C@@H](O)c1ccccc1. The van der Waals surface area contributed by atoms with Crippen molar-refractivity contribution in [2.75, 3.05) is 0 Å². The molecule has 4 nitrogen and oxygen atoms in total. The molecule has 0 fully saturated rings. The maximum atomic E-state index is 12.5. The van der Waals surface area contributed by atoms with Crippen molar-refractivity contribution in [3.05, 3.63) is 71.8 Å². The highest BCUT2D eigenvalue weighted by molar-refractivity contribution is 5.82. The lowest BCUT2D eigenvalue weighted by atomic mass is 9.95. The summed E-state index contributed by atoms with van der Waals surface area (Å²) < 4.78 is 0. The lowest BCUT2D eigenvalue weighted by Gasteiger charge is -2.26. The highest BCUT2D eigenvalue weighted by Gasteiger charge is 2.26. The van der Waals surface area contributed by atoms with E-state index in [2.05, 4.69) is 5.32 Å². The number of nitrogens with one attached hydrogen (secondary N) is 1. The fraction of sp³-hybridized carbons (Fsp3) is 0.350. The molecule has 2 aromatic carbocycles. The summed E-state index contributed by atoms with van der Waals surface area (Å²) in [6, 6.07) is 17.7. The Bertz CT molecular complexity index is 629. The van der Waals surface area contributed by atoms with E-state index in [4.69, 9.17) is 5.73 Å². The van der Waals surface area contributed by atoms with Crippen LogP contribution < -0.4 is 11.1 Å². The minimum Gasteiger partial charge on any atom is -0.386 e. The molecule has 0 spiro atoms. The normalized spacial score (nSPS) is 14.9. The van der Waals surface area contributed by atoms with Crippen molar-refractivity contribution in [1.82, 2.24) is 5.32 Å². The van der Waals surface area contributed by atoms with Crippen LogP contribution in [0.5, 0.6) is 0 Å². The van der Waals surface area contributed by atoms with Crippen LogP contribution >= 0.6 is 0 Å². The fourth-order valence-electron chi connectivity index (χ4n) is 2.72. The zero-order chi connectivity index (χ0) is 17.5. The molecule has 0 radical (unpaired) electrons. The minimum atomic E-state index is -0.844. The highest BCUT2D eigenvalue weighted by atomic mass is 16.3. The summed E-state index contributed by atoms with van der Waals surface area (Å²) in [6.45, 7) is 4.06. The highest BCUT2D eigenvalue weighted by Crippen LogP contribution is 2.28. The Labute approximate surface area is 143 Å². The standard InChI is InChI=1S/C20H26N2O2/c1-14(2)13-17(21)20(24)22-18(15-9-5-3-6-10-15)19(23)16-11-7-4-8-12-16/h3-12,14,17-19,23H,13,21H2,1-2H3,(H,22,24)/t17-,18-,19-/m0/s1. The van der Waals surface area contributed by atoms with E-state index >= 15 is 0 Å². The molecule has 0 saturated carbocycles. The Morgan fingerprint density at radius 2 is 1.50 bits per heavy atom. The van der Waals surface area contributed by atoms with Crippen LogP contribution in [0.4, 0.5) is 0 Å². The van der Waals surface area contributed by atoms with E-state index in [0.717, 1.165) is 11.1 Å². The molecule has 4 heteroatoms. The van der Waals surface area contributed by atoms with Gasteiger partial charge in [-0.1, -0.05) is 74.5 Å². The lowest BCUT2D eigenvalue weighted by Crippen LogP contribution is -2.44. The number of nitrogens with two attached hydrogens (primary N) is 1. The fourth-order valence-corrected chi connectivity index (χ4v) is 2.72. The lowest BCUT2D eigenvalue weighted by molar-refractivity contribution is -0.124. The number of hydrogen-bond donors (Lipinski definition) is 3. The average molecular weight is 326 g/mol. The van der Waals surface area contributed by atoms with E-state index < -0.39 is 18.2 Å². The number of benzene rings is 2. The monoisotopic (exact) mass is 326 g/mol. The summed E-state index contributed by atoms with van der Waals surface area (Å²) in [4.78, 5) is 12.5. The maximum absolute atomic E-state index is 12.5. The molecule has 0 heterocycles. The van der Waals surface area contributed by atoms with Crippen LogP contribution in [0.3, 0.4) is 0 Å². The summed E-state index contributed by atoms with van der Waals surface area (Å²) in [6.07, 6.45) is -0.238. The van der Waals surface area contributed by atoms with Gasteiger partial charge in [0.2, 0.25) is 5.91 Å². The van der Waals surface area contributed by atoms with Gasteiger partial charge in [-0.2, -0.15) is 0 Å². The second-order valence-electron chi connectivity index (χ2n) is 6.49. The van der Waals surface area contributed by atoms with Crippen LogP contribution in [0.15, 0.2) is 60.7 Å². The molecule has 2 rings (SSSR count). The molecule has 0 unspecified atom stereocenters. The predicted molar refractivity (Wildman–Crippen MR) is 96.2 cm³/mol. The second kappa shape index (κ2) is 8.62. The molecule has 0 aliphatic rings. The van der Waals surface area contributed by atoms with E-state index in [1.165, 1.54) is 0 Å². The molecule has 0 bridgehead atoms. The summed E-state index contributed by atoms with van der Waals surface area (Å²) in [5.41, 5.74) is 7.59. The van der Waals surface area contributed by atoms with Crippen molar-refractivity contribution in [1.29, 1.82) is 0 Å². The van der Waals surface area contributed by atoms with E-state index in [9.17, 15) is 9.90 Å². The zero-order valence-corrected chi connectivity index (χ0v) is 14.2. The zero-order valence-electron chi connectivity index (χ0n) is 14.2. The number of aliphatic hydroxyl groups excluding tert-OH is 1. The summed E-state index contributed by atoms with van der Waals surface area (Å²) in [5.74, 6) is 0.0903. The number of hydrogen-bond acceptors (Lipinski definition) is 3. The molecule has 128 valence electrons. The van der Waals surface area contributed by atoms with Crippen molar-refractivity contribution in [3.63, 3.8) is 0 Å². The van der Waals surface area contributed by atoms with E-state index in [1.807, 2.05) is 74.5 Å². The molecule has 0 aliphatic heterocycles. The molecule has 4 N–H and O–H groups in total. The van der Waals surface area contributed by atoms with Gasteiger partial charge in [-0.25, -0.2) is 0 Å². The number of carbonyl (C=O) groups excluding carboxylic acids is 1. The largest absolute Gasteiger partial charge is 0.386 e. The van der Waals surface area contributed by atoms with Crippen LogP contribution in [0.1, 0.15) is 43.5 Å². The van der Waals surface area contributed by atoms with Gasteiger partial charge in [0.05, 0.1) is 12.1 Å². The molecule has 0 aromatic heterocycles. The first-order chi connectivity index (χ1) is 11.5. The topological polar surface area (TPSA) is 75.4 Å². The molecule has 24 heavy (non-hydrogen) atoms. The van der Waals surface area contributed by atoms with Crippen LogP contribution in [0.25, 0.3) is 0 Å². The Balaban J connectivity index is 2.22. The smallest absolute Gasteiger partial charge is 0.237 e. The van der Waals surface area contributed by atoms with E-state index in [-0.39, 0.29) is 5.91 Å². The molecule has 2 aromatic rings. The van der Waals surface area contributed by atoms with Gasteiger partial charge in [-0.05, 0) is 23.5 Å². The first kappa shape index (κ1) is 18.2. The van der Waals surface area contributed by atoms with Gasteiger partial charge in [0.25, 0.3) is 0 Å². The van der Waals surface area contributed by atoms with Crippen LogP contribution in [0, 0.1) is 5.92 Å². The van der Waals surface area contributed by atoms with Gasteiger partial charge >= 0.3 is 0 Å². The van der Waals surface area contributed by atoms with Crippen molar-refractivity contribution in [2.24, 2.45) is 11.7 Å². The van der Waals surface area contributed by atoms with Crippen molar-refractivity contribution >= 4 is 5.91 Å². The third kappa shape index (κ3) is 4.91. The Morgan fingerprint density at radius 3 is 2.00 bits per heavy atom. The van der Waals surface area contributed by atoms with Gasteiger partial charge < -0.3 is 16.2 Å². The molecule has 0 saturated heterocycles. The molecular formula is C20H26N2O2. The summed E-state index contributed by atoms with van der Waals surface area (Å²) in [7, 11) is 0. The Hall–Kier alpha value is -2.17. The predicted octanol–water partition coefficient (Wildman–Crippen LogP) is 2.95. The summed E-state index contributed by atoms with van der Waals surface area (Å²) >= 11 is 0. The van der Waals surface area contributed by atoms with E-state index in [1.54, 1.807) is 0 Å². The van der Waals surface area contributed by atoms with Gasteiger partial charge in [0.1, 0.15) is 6.10 Å². The first-order valence-corrected chi connectivity index (χ1v) is 8.33. The summed E-state index contributed by atoms with van der Waals surface area (Å²) in [5, 5.41) is 13.7. The van der Waals surface area contributed by atoms with Crippen LogP contribution in [-0.4, -0.2) is 17.1 Å². The van der Waals surface area contributed by atoms with Gasteiger partial charge in [0.15, 0.2) is 0 Å². The second-order valence-corrected chi connectivity index (χ2v) is 6.49. The molecule has 3 atom stereocenters. The van der Waals surface area contributed by atoms with Crippen molar-refractivity contribution in [3.8, 4) is 0 Å². The average Bonchev–Trinajstić information content (AvgIpc) is 2.59. The molecule has 1 amide bonds. The van der Waals surface area contributed by atoms with Crippen LogP contribution in [-0.2, 0) is 4.79 Å². The number of carbonyl (C=O) groups is 1. The number of rotatable bonds is 7. The Morgan fingerprint density at radius 1 is 1.00 bits per heavy atom. The van der Waals surface area contributed by atoms with Crippen LogP contribution in [0.2, 0.25) is 0 Å². The number of amides is 1. The van der Waals surface area contributed by atoms with Crippen molar-refractivity contribution < 1.29 is 9.90 Å². The van der Waals surface area contributed by atoms with Gasteiger partial charge in [-0.3, -0.25) is 4.79 Å². The minimum absolute atomic E-state index is 0.243. The quantitative estimate of drug-likeness (QED) is 0.732. The third-order valence-corrected chi connectivity index (χ3v) is 3.98. The number of aliphatic hydroxyl groups is 1. The first-order valence-electron chi connectivity index (χ1n) is 8.33.